The van der Waals surface area contributed by atoms with Crippen molar-refractivity contribution in [2.45, 2.75) is 0 Å². The molecular weight excluding hydrogens is 440 g/mol. The van der Waals surface area contributed by atoms with Gasteiger partial charge in [-0.05, 0) is 29.8 Å². The number of nitriles is 1. The van der Waals surface area contributed by atoms with Crippen LogP contribution in [-0.2, 0) is 0 Å². The highest BCUT2D eigenvalue weighted by molar-refractivity contribution is 6.04. The molecule has 0 aliphatic heterocycles. The number of urea groups is 1. The molecule has 0 spiro atoms. The summed E-state index contributed by atoms with van der Waals surface area (Å²) >= 11 is 0. The van der Waals surface area contributed by atoms with Crippen molar-refractivity contribution in [1.29, 1.82) is 5.26 Å². The molecule has 0 fully saturated rings. The van der Waals surface area contributed by atoms with Crippen LogP contribution in [0.4, 0.5) is 16.3 Å². The Morgan fingerprint density at radius 2 is 1.74 bits per heavy atom. The van der Waals surface area contributed by atoms with Gasteiger partial charge in [-0.3, -0.25) is 20.1 Å². The number of nitrogens with one attached hydrogen (secondary N) is 4. The normalized spacial score (nSPS) is 10.4. The van der Waals surface area contributed by atoms with Gasteiger partial charge in [0.05, 0.1) is 19.6 Å². The zero-order valence-electron chi connectivity index (χ0n) is 18.1. The fourth-order valence-corrected chi connectivity index (χ4v) is 3.47. The van der Waals surface area contributed by atoms with Crippen LogP contribution in [0.1, 0.15) is 5.56 Å². The molecule has 34 heavy (non-hydrogen) atoms. The van der Waals surface area contributed by atoms with E-state index in [2.05, 4.69) is 25.6 Å². The summed E-state index contributed by atoms with van der Waals surface area (Å²) < 4.78 is 10.6. The van der Waals surface area contributed by atoms with Crippen LogP contribution in [0.15, 0.2) is 58.1 Å². The van der Waals surface area contributed by atoms with Gasteiger partial charge in [-0.15, -0.1) is 0 Å². The van der Waals surface area contributed by atoms with Gasteiger partial charge in [0.2, 0.25) is 0 Å². The number of amides is 2. The van der Waals surface area contributed by atoms with Crippen molar-refractivity contribution in [2.75, 3.05) is 24.9 Å². The monoisotopic (exact) mass is 458 g/mol. The Morgan fingerprint density at radius 1 is 1.00 bits per heavy atom. The lowest BCUT2D eigenvalue weighted by Crippen LogP contribution is -2.25. The van der Waals surface area contributed by atoms with E-state index in [4.69, 9.17) is 9.47 Å². The van der Waals surface area contributed by atoms with Crippen LogP contribution in [0.3, 0.4) is 0 Å². The molecule has 0 atom stereocenters. The van der Waals surface area contributed by atoms with Crippen molar-refractivity contribution in [3.63, 3.8) is 0 Å². The SMILES string of the molecule is COc1ccc(-c2c(C#N)c(NC(=O)Nc3ccccc3)nc3[nH]c(=O)[nH]c(=O)c23)cc1OC. The topological polar surface area (TPSA) is 162 Å². The first-order chi connectivity index (χ1) is 16.4. The number of pyridine rings is 1. The highest BCUT2D eigenvalue weighted by Gasteiger charge is 2.22. The van der Waals surface area contributed by atoms with E-state index >= 15 is 0 Å². The van der Waals surface area contributed by atoms with E-state index in [0.29, 0.717) is 22.7 Å². The molecule has 0 bridgehead atoms. The summed E-state index contributed by atoms with van der Waals surface area (Å²) in [5.41, 5.74) is -0.635. The first-order valence-corrected chi connectivity index (χ1v) is 9.91. The van der Waals surface area contributed by atoms with Crippen LogP contribution in [0.5, 0.6) is 11.5 Å². The second kappa shape index (κ2) is 9.17. The largest absolute Gasteiger partial charge is 0.493 e. The predicted octanol–water partition coefficient (Wildman–Crippen LogP) is 2.81. The number of hydrogen-bond acceptors (Lipinski definition) is 7. The maximum absolute atomic E-state index is 12.7. The summed E-state index contributed by atoms with van der Waals surface area (Å²) in [6.07, 6.45) is 0. The minimum atomic E-state index is -0.785. The first-order valence-electron chi connectivity index (χ1n) is 9.91. The summed E-state index contributed by atoms with van der Waals surface area (Å²) in [5, 5.41) is 15.1. The fourth-order valence-electron chi connectivity index (χ4n) is 3.47. The fraction of sp³-hybridized carbons (Fsp3) is 0.0870. The van der Waals surface area contributed by atoms with Gasteiger partial charge in [-0.2, -0.15) is 5.26 Å². The average Bonchev–Trinajstić information content (AvgIpc) is 2.83. The van der Waals surface area contributed by atoms with Gasteiger partial charge in [0.1, 0.15) is 17.3 Å². The lowest BCUT2D eigenvalue weighted by Gasteiger charge is -2.15. The zero-order valence-corrected chi connectivity index (χ0v) is 18.1. The van der Waals surface area contributed by atoms with Crippen molar-refractivity contribution in [3.8, 4) is 28.7 Å². The molecule has 0 aliphatic carbocycles. The lowest BCUT2D eigenvalue weighted by atomic mass is 9.97. The zero-order chi connectivity index (χ0) is 24.2. The molecule has 170 valence electrons. The van der Waals surface area contributed by atoms with E-state index in [1.54, 1.807) is 48.5 Å². The summed E-state index contributed by atoms with van der Waals surface area (Å²) in [4.78, 5) is 46.0. The van der Waals surface area contributed by atoms with Crippen LogP contribution >= 0.6 is 0 Å². The van der Waals surface area contributed by atoms with Crippen molar-refractivity contribution < 1.29 is 14.3 Å². The number of aromatic amines is 2. The number of para-hydroxylation sites is 1. The summed E-state index contributed by atoms with van der Waals surface area (Å²) in [6, 6.07) is 14.8. The summed E-state index contributed by atoms with van der Waals surface area (Å²) in [6.45, 7) is 0. The number of aromatic nitrogens is 3. The number of rotatable bonds is 5. The van der Waals surface area contributed by atoms with Crippen molar-refractivity contribution in [1.82, 2.24) is 15.0 Å². The number of benzene rings is 2. The third-order valence-electron chi connectivity index (χ3n) is 4.93. The highest BCUT2D eigenvalue weighted by atomic mass is 16.5. The number of ether oxygens (including phenoxy) is 2. The number of hydrogen-bond donors (Lipinski definition) is 4. The molecule has 0 radical (unpaired) electrons. The van der Waals surface area contributed by atoms with E-state index in [9.17, 15) is 19.6 Å². The predicted molar refractivity (Wildman–Crippen MR) is 125 cm³/mol. The van der Waals surface area contributed by atoms with E-state index in [1.807, 2.05) is 6.07 Å². The molecule has 11 heteroatoms. The van der Waals surface area contributed by atoms with Crippen molar-refractivity contribution >= 4 is 28.6 Å². The van der Waals surface area contributed by atoms with E-state index < -0.39 is 17.3 Å². The Kier molecular flexibility index (Phi) is 5.96. The van der Waals surface area contributed by atoms with Crippen LogP contribution in [-0.4, -0.2) is 35.2 Å². The van der Waals surface area contributed by atoms with Gasteiger partial charge >= 0.3 is 11.7 Å². The molecule has 4 N–H and O–H groups in total. The number of nitrogens with zero attached hydrogens (tertiary/aromatic N) is 2. The molecule has 2 heterocycles. The highest BCUT2D eigenvalue weighted by Crippen LogP contribution is 2.37. The van der Waals surface area contributed by atoms with Crippen LogP contribution in [0, 0.1) is 11.3 Å². The van der Waals surface area contributed by atoms with Crippen LogP contribution in [0.2, 0.25) is 0 Å². The van der Waals surface area contributed by atoms with Crippen LogP contribution in [0.25, 0.3) is 22.2 Å². The third kappa shape index (κ3) is 4.15. The molecular formula is C23H18N6O5. The van der Waals surface area contributed by atoms with E-state index in [0.717, 1.165) is 0 Å². The van der Waals surface area contributed by atoms with Gasteiger partial charge in [-0.1, -0.05) is 24.3 Å². The lowest BCUT2D eigenvalue weighted by molar-refractivity contribution is 0.262. The second-order valence-electron chi connectivity index (χ2n) is 6.97. The number of carbonyl (C=O) groups is 1. The minimum Gasteiger partial charge on any atom is -0.493 e. The summed E-state index contributed by atoms with van der Waals surface area (Å²) in [5.74, 6) is 0.645. The molecule has 2 aromatic carbocycles. The number of methoxy groups -OCH3 is 2. The van der Waals surface area contributed by atoms with Crippen LogP contribution < -0.4 is 31.4 Å². The Balaban J connectivity index is 1.93. The quantitative estimate of drug-likeness (QED) is 0.357. The molecule has 2 amide bonds. The standard InChI is InChI=1S/C23H18N6O5/c1-33-15-9-8-12(10-16(15)34-2)17-14(11-24)19(26-20-18(17)21(30)29-23(32)28-20)27-22(31)25-13-6-4-3-5-7-13/h3-10H,1-2H3,(H4,25,26,27,28,29,30,31,32). The number of carbonyl (C=O) groups excluding carboxylic acids is 1. The molecule has 0 unspecified atom stereocenters. The average molecular weight is 458 g/mol. The molecule has 2 aromatic heterocycles. The molecule has 0 aliphatic rings. The van der Waals surface area contributed by atoms with Gasteiger partial charge < -0.3 is 14.8 Å². The number of fused-ring (bicyclic) bond motifs is 1. The minimum absolute atomic E-state index is 0.0302. The van der Waals surface area contributed by atoms with E-state index in [-0.39, 0.29) is 28.0 Å². The Morgan fingerprint density at radius 3 is 2.41 bits per heavy atom. The maximum Gasteiger partial charge on any atom is 0.327 e. The van der Waals surface area contributed by atoms with Gasteiger partial charge in [0.25, 0.3) is 5.56 Å². The molecule has 4 aromatic rings. The molecule has 0 saturated heterocycles. The smallest absolute Gasteiger partial charge is 0.327 e. The summed E-state index contributed by atoms with van der Waals surface area (Å²) in [7, 11) is 2.92. The van der Waals surface area contributed by atoms with Crippen molar-refractivity contribution in [2.24, 2.45) is 0 Å². The Labute approximate surface area is 192 Å². The van der Waals surface area contributed by atoms with E-state index in [1.165, 1.54) is 14.2 Å². The van der Waals surface area contributed by atoms with Gasteiger partial charge in [0.15, 0.2) is 17.3 Å². The molecule has 11 nitrogen and oxygen atoms in total. The third-order valence-corrected chi connectivity index (χ3v) is 4.93. The molecule has 4 rings (SSSR count). The maximum atomic E-state index is 12.7. The number of anilines is 2. The Hall–Kier alpha value is -5.11. The second-order valence-corrected chi connectivity index (χ2v) is 6.97. The van der Waals surface area contributed by atoms with Gasteiger partial charge in [-0.25, -0.2) is 14.6 Å². The molecule has 0 saturated carbocycles. The number of H-pyrrole nitrogens is 2. The Bertz CT molecular complexity index is 1550. The first kappa shape index (κ1) is 22.1. The van der Waals surface area contributed by atoms with Gasteiger partial charge in [0, 0.05) is 11.3 Å². The van der Waals surface area contributed by atoms with Crippen molar-refractivity contribution in [3.05, 3.63) is 74.9 Å².